The van der Waals surface area contributed by atoms with Gasteiger partial charge in [-0.2, -0.15) is 0 Å². The Bertz CT molecular complexity index is 9210. The first-order valence-corrected chi connectivity index (χ1v) is 49.3. The fourth-order valence-corrected chi connectivity index (χ4v) is 21.0. The van der Waals surface area contributed by atoms with Crippen LogP contribution in [0.4, 0.5) is 0 Å². The second kappa shape index (κ2) is 37.6. The Morgan fingerprint density at radius 3 is 0.769 bits per heavy atom. The molecule has 0 amide bonds. The van der Waals surface area contributed by atoms with Crippen molar-refractivity contribution < 1.29 is 0 Å². The monoisotopic (exact) mass is 1890 g/mol. The molecule has 0 N–H and O–H groups in total. The summed E-state index contributed by atoms with van der Waals surface area (Å²) in [5.41, 5.74) is 35.8. The molecule has 16 heteroatoms. The van der Waals surface area contributed by atoms with Crippen molar-refractivity contribution in [3.63, 3.8) is 0 Å². The number of aromatic nitrogens is 16. The van der Waals surface area contributed by atoms with Gasteiger partial charge in [-0.05, 0) is 207 Å². The zero-order valence-electron chi connectivity index (χ0n) is 81.6. The van der Waals surface area contributed by atoms with Gasteiger partial charge in [0.05, 0.1) is 33.4 Å². The maximum atomic E-state index is 5.64. The number of rotatable bonds is 20. The lowest BCUT2D eigenvalue weighted by atomic mass is 9.93. The maximum Gasteiger partial charge on any atom is 0.164 e. The molecule has 696 valence electrons. The fraction of sp³-hybridized carbons (Fsp3) is 0.0534. The van der Waals surface area contributed by atoms with Gasteiger partial charge in [0.15, 0.2) is 69.9 Å². The standard InChI is InChI=1S/C131H92N16/c1-79-62-80(2)67-101(66-79)94-48-53-115-107(72-94)108-73-95(102-68-81(3)63-82(4)69-102)49-54-116(108)147(115)118-57-52-99(128-137-120(86-30-14-8-15-31-86)134-121(138-128)87-32-16-9-17-33-87)75-110(118)112-78-133-61-59-105(112)131-144-125(91-40-24-13-25-41-91)140-127(145-131)98-45-29-43-93(71-98)92-42-28-44-97(70-92)126-136-122(88-34-18-10-19-35-88)139-129(141-126)100-51-56-117(146-113-47-27-26-46-103(113)106-74-96(50-55-114(106)146)119-84(6)64-83(5)65-85(119)7)109(76-100)111-77-132-60-58-104(111)130-142-123(89-36-20-11-21-37-89)135-124(143-130)90-38-22-12-23-39-90/h8-78H,1-7H3. The van der Waals surface area contributed by atoms with Crippen molar-refractivity contribution in [2.75, 3.05) is 0 Å². The summed E-state index contributed by atoms with van der Waals surface area (Å²) in [7, 11) is 0. The maximum absolute atomic E-state index is 5.64. The second-order valence-electron chi connectivity index (χ2n) is 37.8. The summed E-state index contributed by atoms with van der Waals surface area (Å²) in [6.45, 7) is 15.3. The van der Waals surface area contributed by atoms with Gasteiger partial charge in [-0.1, -0.05) is 331 Å². The molecule has 147 heavy (non-hydrogen) atoms. The lowest BCUT2D eigenvalue weighted by molar-refractivity contribution is 1.07. The number of hydrogen-bond donors (Lipinski definition) is 0. The van der Waals surface area contributed by atoms with Gasteiger partial charge in [-0.25, -0.2) is 59.8 Å². The van der Waals surface area contributed by atoms with E-state index in [1.54, 1.807) is 0 Å². The van der Waals surface area contributed by atoms with Crippen LogP contribution in [0.5, 0.6) is 0 Å². The van der Waals surface area contributed by atoms with Crippen molar-refractivity contribution in [1.29, 1.82) is 0 Å². The van der Waals surface area contributed by atoms with Crippen LogP contribution in [0.3, 0.4) is 0 Å². The van der Waals surface area contributed by atoms with E-state index in [9.17, 15) is 0 Å². The van der Waals surface area contributed by atoms with E-state index < -0.39 is 0 Å². The molecule has 8 aromatic heterocycles. The lowest BCUT2D eigenvalue weighted by Gasteiger charge is -2.18. The van der Waals surface area contributed by atoms with Crippen LogP contribution in [0.15, 0.2) is 431 Å². The van der Waals surface area contributed by atoms with E-state index in [4.69, 9.17) is 69.8 Å². The lowest BCUT2D eigenvalue weighted by Crippen LogP contribution is -2.04. The minimum absolute atomic E-state index is 0.431. The van der Waals surface area contributed by atoms with E-state index in [0.717, 1.165) is 177 Å². The van der Waals surface area contributed by atoms with E-state index in [2.05, 4.69) is 270 Å². The van der Waals surface area contributed by atoms with Crippen LogP contribution >= 0.6 is 0 Å². The van der Waals surface area contributed by atoms with Crippen LogP contribution in [-0.2, 0) is 0 Å². The van der Waals surface area contributed by atoms with Crippen molar-refractivity contribution >= 4 is 43.6 Å². The molecule has 0 unspecified atom stereocenters. The van der Waals surface area contributed by atoms with Gasteiger partial charge in [0.25, 0.3) is 0 Å². The van der Waals surface area contributed by atoms with Crippen LogP contribution in [0.2, 0.25) is 0 Å². The normalized spacial score (nSPS) is 11.5. The van der Waals surface area contributed by atoms with Gasteiger partial charge in [0, 0.05) is 135 Å². The summed E-state index contributed by atoms with van der Waals surface area (Å²) in [6, 6.07) is 142. The number of para-hydroxylation sites is 1. The number of hydrogen-bond acceptors (Lipinski definition) is 14. The topological polar surface area (TPSA) is 190 Å². The third-order valence-electron chi connectivity index (χ3n) is 27.5. The first kappa shape index (κ1) is 89.1. The quantitative estimate of drug-likeness (QED) is 0.0700. The number of nitrogens with zero attached hydrogens (tertiary/aromatic N) is 16. The van der Waals surface area contributed by atoms with E-state index in [0.29, 0.717) is 75.5 Å². The van der Waals surface area contributed by atoms with E-state index >= 15 is 0 Å². The van der Waals surface area contributed by atoms with Gasteiger partial charge < -0.3 is 9.13 Å². The molecule has 0 spiro atoms. The first-order valence-electron chi connectivity index (χ1n) is 49.3. The van der Waals surface area contributed by atoms with Crippen LogP contribution in [0, 0.1) is 48.5 Å². The minimum atomic E-state index is 0.431. The molecule has 0 saturated heterocycles. The average molecular weight is 1890 g/mol. The molecule has 16 nitrogen and oxygen atoms in total. The van der Waals surface area contributed by atoms with Gasteiger partial charge in [0.1, 0.15) is 0 Å². The molecule has 25 aromatic rings. The van der Waals surface area contributed by atoms with Gasteiger partial charge in [0.2, 0.25) is 0 Å². The van der Waals surface area contributed by atoms with Crippen LogP contribution in [0.25, 0.3) is 258 Å². The molecule has 0 aliphatic rings. The smallest absolute Gasteiger partial charge is 0.164 e. The summed E-state index contributed by atoms with van der Waals surface area (Å²) in [4.78, 5) is 74.8. The highest BCUT2D eigenvalue weighted by Gasteiger charge is 2.29. The van der Waals surface area contributed by atoms with Crippen LogP contribution < -0.4 is 0 Å². The Morgan fingerprint density at radius 2 is 0.415 bits per heavy atom. The highest BCUT2D eigenvalue weighted by Crippen LogP contribution is 2.48. The molecule has 0 bridgehead atoms. The summed E-state index contributed by atoms with van der Waals surface area (Å²) in [5.74, 6) is 5.92. The highest BCUT2D eigenvalue weighted by molar-refractivity contribution is 6.14. The largest absolute Gasteiger partial charge is 0.309 e. The van der Waals surface area contributed by atoms with Crippen LogP contribution in [0.1, 0.15) is 38.9 Å². The Balaban J connectivity index is 0.641. The Hall–Kier alpha value is -19.3. The summed E-state index contributed by atoms with van der Waals surface area (Å²) >= 11 is 0. The average Bonchev–Trinajstić information content (AvgIpc) is 1.58. The minimum Gasteiger partial charge on any atom is -0.309 e. The first-order chi connectivity index (χ1) is 72.2. The Labute approximate surface area is 850 Å². The molecule has 8 heterocycles. The van der Waals surface area contributed by atoms with Crippen molar-refractivity contribution in [3.05, 3.63) is 470 Å². The molecule has 0 radical (unpaired) electrons. The molecule has 17 aromatic carbocycles. The van der Waals surface area contributed by atoms with Crippen molar-refractivity contribution in [2.45, 2.75) is 48.5 Å². The van der Waals surface area contributed by atoms with Crippen molar-refractivity contribution in [2.24, 2.45) is 0 Å². The van der Waals surface area contributed by atoms with Crippen molar-refractivity contribution in [3.8, 4) is 215 Å². The molecule has 0 atom stereocenters. The van der Waals surface area contributed by atoms with E-state index in [-0.39, 0.29) is 0 Å². The summed E-state index contributed by atoms with van der Waals surface area (Å²) in [6.07, 6.45) is 7.48. The predicted molar refractivity (Wildman–Crippen MR) is 595 cm³/mol. The highest BCUT2D eigenvalue weighted by atomic mass is 15.1. The number of aryl methyl sites for hydroxylation is 7. The predicted octanol–water partition coefficient (Wildman–Crippen LogP) is 31.6. The summed E-state index contributed by atoms with van der Waals surface area (Å²) in [5, 5.41) is 4.42. The zero-order chi connectivity index (χ0) is 98.9. The Kier molecular flexibility index (Phi) is 22.8. The second-order valence-corrected chi connectivity index (χ2v) is 37.8. The number of pyridine rings is 2. The molecule has 0 aliphatic heterocycles. The Morgan fingerprint density at radius 1 is 0.156 bits per heavy atom. The van der Waals surface area contributed by atoms with Crippen LogP contribution in [-0.4, -0.2) is 78.9 Å². The number of fused-ring (bicyclic) bond motifs is 6. The third-order valence-corrected chi connectivity index (χ3v) is 27.5. The molecular formula is C131H92N16. The molecular weight excluding hydrogens is 1800 g/mol. The van der Waals surface area contributed by atoms with Gasteiger partial charge in [-0.15, -0.1) is 0 Å². The zero-order valence-corrected chi connectivity index (χ0v) is 81.6. The number of benzene rings is 17. The SMILES string of the molecule is Cc1cc(C)cc(-c2ccc3c(c2)c2cc(-c4cc(C)cc(C)c4)ccc2n3-c2ccc(-c3nc(-c4ccccc4)nc(-c4ccccc4)n3)cc2-c2cnccc2-c2nc(-c3ccccc3)nc(-c3cccc(-c4cccc(-c5nc(-c6ccccc6)nc(-c6ccc(-n7c8ccccc8c8cc(-c9c(C)cc(C)cc9C)ccc87)c(-c7cnccc7-c7nc(-c8ccccc8)nc(-c8ccccc8)n7)c6)n5)c4)c3)n2)c1. The summed E-state index contributed by atoms with van der Waals surface area (Å²) < 4.78 is 4.78. The molecule has 25 rings (SSSR count). The van der Waals surface area contributed by atoms with E-state index in [1.165, 1.54) is 44.5 Å². The molecule has 0 saturated carbocycles. The molecule has 0 aliphatic carbocycles. The van der Waals surface area contributed by atoms with E-state index in [1.807, 2.05) is 219 Å². The fourth-order valence-electron chi connectivity index (χ4n) is 21.0. The third kappa shape index (κ3) is 17.2. The van der Waals surface area contributed by atoms with Crippen molar-refractivity contribution in [1.82, 2.24) is 78.9 Å². The van der Waals surface area contributed by atoms with Gasteiger partial charge in [-0.3, -0.25) is 9.97 Å². The van der Waals surface area contributed by atoms with Gasteiger partial charge >= 0.3 is 0 Å². The molecule has 0 fully saturated rings.